The summed E-state index contributed by atoms with van der Waals surface area (Å²) >= 11 is 0. The van der Waals surface area contributed by atoms with E-state index in [4.69, 9.17) is 33.1 Å². The molecule has 4 atom stereocenters. The Balaban J connectivity index is 4.25. The highest BCUT2D eigenvalue weighted by Crippen LogP contribution is 2.30. The number of carbonyl (C=O) groups is 4. The summed E-state index contributed by atoms with van der Waals surface area (Å²) in [6, 6.07) is -2.05. The molecular weight excluding hydrogens is 540 g/mol. The number of hydrogen-bond donors (Lipinski definition) is 8. The molecule has 0 fully saturated rings. The van der Waals surface area contributed by atoms with Crippen LogP contribution in [0.5, 0.6) is 0 Å². The molecule has 0 bridgehead atoms. The van der Waals surface area contributed by atoms with Gasteiger partial charge in [0.05, 0.1) is 0 Å². The predicted octanol–water partition coefficient (Wildman–Crippen LogP) is 0.868. The Morgan fingerprint density at radius 2 is 0.914 bits per heavy atom. The van der Waals surface area contributed by atoms with Crippen LogP contribution in [0.4, 0.5) is 0 Å². The molecule has 0 aromatic carbocycles. The summed E-state index contributed by atoms with van der Waals surface area (Å²) < 4.78 is 0. The van der Waals surface area contributed by atoms with Crippen molar-refractivity contribution < 1.29 is 39.6 Å². The minimum atomic E-state index is -1.43. The molecule has 0 aromatic heterocycles. The number of nitrogens with two attached hydrogens (primary N) is 4. The number of rotatable bonds is 22. The van der Waals surface area contributed by atoms with Gasteiger partial charge in [0.2, 0.25) is 0 Å². The van der Waals surface area contributed by atoms with Gasteiger partial charge in [0.1, 0.15) is 23.2 Å². The summed E-state index contributed by atoms with van der Waals surface area (Å²) in [6.45, 7) is 0. The van der Waals surface area contributed by atoms with E-state index in [1.54, 1.807) is 0 Å². The van der Waals surface area contributed by atoms with Gasteiger partial charge in [0.15, 0.2) is 0 Å². The van der Waals surface area contributed by atoms with Gasteiger partial charge in [-0.1, -0.05) is 75.3 Å². The maximum atomic E-state index is 11.6. The van der Waals surface area contributed by atoms with Gasteiger partial charge in [-0.2, -0.15) is 0 Å². The lowest BCUT2D eigenvalue weighted by Gasteiger charge is -2.25. The highest BCUT2D eigenvalue weighted by molar-refractivity contribution is 8.77. The molecule has 0 aliphatic carbocycles. The lowest BCUT2D eigenvalue weighted by atomic mass is 9.93. The summed E-state index contributed by atoms with van der Waals surface area (Å²) in [5.74, 6) is -3.98. The van der Waals surface area contributed by atoms with Crippen molar-refractivity contribution in [1.29, 1.82) is 0 Å². The van der Waals surface area contributed by atoms with E-state index < -0.39 is 47.0 Å². The number of unbranched alkanes of at least 4 members (excludes halogenated alkanes) is 4. The van der Waals surface area contributed by atoms with Gasteiger partial charge in [-0.05, 0) is 12.8 Å². The molecule has 35 heavy (non-hydrogen) atoms. The maximum Gasteiger partial charge on any atom is 0.324 e. The second-order valence-electron chi connectivity index (χ2n) is 8.17. The van der Waals surface area contributed by atoms with E-state index in [2.05, 4.69) is 0 Å². The minimum Gasteiger partial charge on any atom is -0.480 e. The lowest BCUT2D eigenvalue weighted by Crippen LogP contribution is -2.50. The lowest BCUT2D eigenvalue weighted by molar-refractivity contribution is -0.143. The molecule has 0 aromatic rings. The van der Waals surface area contributed by atoms with Crippen molar-refractivity contribution in [2.75, 3.05) is 23.0 Å². The first-order valence-electron chi connectivity index (χ1n) is 10.8. The highest BCUT2D eigenvalue weighted by atomic mass is 33.1. The van der Waals surface area contributed by atoms with E-state index in [0.29, 0.717) is 12.8 Å². The summed E-state index contributed by atoms with van der Waals surface area (Å²) in [7, 11) is 4.70. The molecule has 0 saturated carbocycles. The number of carboxylic acid groups (broad SMARTS) is 4. The quantitative estimate of drug-likeness (QED) is 0.0656. The van der Waals surface area contributed by atoms with Crippen LogP contribution in [0.1, 0.15) is 44.9 Å². The average Bonchev–Trinajstić information content (AvgIpc) is 2.78. The molecule has 0 aliphatic rings. The first-order valence-corrected chi connectivity index (χ1v) is 15.7. The van der Waals surface area contributed by atoms with Crippen LogP contribution in [0.25, 0.3) is 0 Å². The molecule has 0 heterocycles. The average molecular weight is 577 g/mol. The summed E-state index contributed by atoms with van der Waals surface area (Å²) in [4.78, 5) is 44.6. The van der Waals surface area contributed by atoms with Crippen LogP contribution in [0.15, 0.2) is 0 Å². The van der Waals surface area contributed by atoms with Gasteiger partial charge in [0.25, 0.3) is 0 Å². The Kier molecular flexibility index (Phi) is 17.1. The van der Waals surface area contributed by atoms with E-state index in [1.807, 2.05) is 0 Å². The van der Waals surface area contributed by atoms with Gasteiger partial charge in [0, 0.05) is 23.0 Å². The number of hydrogen-bond acceptors (Lipinski definition) is 12. The molecule has 0 amide bonds. The standard InChI is InChI=1S/C19H36N4O8S4/c20-12(14(24)25)8-32-34-10-18(22,16(28)29)6-4-2-1-3-5-7-19(23,17(30)31)11-35-33-9-13(21)15(26)27/h12-13H,1-11,20-23H2,(H,24,25)(H,26,27)(H,28,29)(H,30,31). The third kappa shape index (κ3) is 14.4. The Morgan fingerprint density at radius 3 is 1.20 bits per heavy atom. The van der Waals surface area contributed by atoms with Gasteiger partial charge in [-0.3, -0.25) is 19.2 Å². The van der Waals surface area contributed by atoms with Gasteiger partial charge < -0.3 is 43.4 Å². The van der Waals surface area contributed by atoms with Crippen molar-refractivity contribution in [1.82, 2.24) is 0 Å². The molecule has 12 N–H and O–H groups in total. The largest absolute Gasteiger partial charge is 0.480 e. The van der Waals surface area contributed by atoms with Crippen molar-refractivity contribution in [2.45, 2.75) is 68.1 Å². The molecule has 12 nitrogen and oxygen atoms in total. The summed E-state index contributed by atoms with van der Waals surface area (Å²) in [6.07, 6.45) is 3.85. The summed E-state index contributed by atoms with van der Waals surface area (Å²) in [5, 5.41) is 36.5. The van der Waals surface area contributed by atoms with Crippen LogP contribution in [0.3, 0.4) is 0 Å². The zero-order chi connectivity index (χ0) is 27.1. The fraction of sp³-hybridized carbons (Fsp3) is 0.789. The van der Waals surface area contributed by atoms with Crippen LogP contribution >= 0.6 is 43.2 Å². The van der Waals surface area contributed by atoms with Gasteiger partial charge >= 0.3 is 23.9 Å². The number of aliphatic carboxylic acids is 4. The second kappa shape index (κ2) is 17.6. The monoisotopic (exact) mass is 576 g/mol. The first-order chi connectivity index (χ1) is 16.2. The van der Waals surface area contributed by atoms with Crippen LogP contribution in [0, 0.1) is 0 Å². The zero-order valence-corrected chi connectivity index (χ0v) is 22.6. The van der Waals surface area contributed by atoms with E-state index in [0.717, 1.165) is 19.3 Å². The van der Waals surface area contributed by atoms with Crippen molar-refractivity contribution in [3.05, 3.63) is 0 Å². The minimum absolute atomic E-state index is 0.112. The molecule has 4 unspecified atom stereocenters. The second-order valence-corrected chi connectivity index (χ2v) is 13.2. The van der Waals surface area contributed by atoms with Crippen LogP contribution in [-0.2, 0) is 19.2 Å². The summed E-state index contributed by atoms with van der Waals surface area (Å²) in [5.41, 5.74) is 20.0. The van der Waals surface area contributed by atoms with Gasteiger partial charge in [-0.15, -0.1) is 0 Å². The SMILES string of the molecule is NC(CSSCC(N)(CCCCCCCC(N)(CSSCC(N)C(=O)O)C(=O)O)C(=O)O)C(=O)O. The molecule has 0 radical (unpaired) electrons. The smallest absolute Gasteiger partial charge is 0.324 e. The molecule has 0 spiro atoms. The normalized spacial score (nSPS) is 16.6. The first kappa shape index (κ1) is 34.1. The predicted molar refractivity (Wildman–Crippen MR) is 142 cm³/mol. The van der Waals surface area contributed by atoms with Crippen molar-refractivity contribution >= 4 is 67.1 Å². The van der Waals surface area contributed by atoms with E-state index in [-0.39, 0.29) is 35.9 Å². The zero-order valence-electron chi connectivity index (χ0n) is 19.3. The van der Waals surface area contributed by atoms with Gasteiger partial charge in [-0.25, -0.2) is 0 Å². The Labute approximate surface area is 220 Å². The van der Waals surface area contributed by atoms with E-state index in [9.17, 15) is 29.4 Å². The molecule has 16 heteroatoms. The molecule has 0 aliphatic heterocycles. The van der Waals surface area contributed by atoms with Crippen molar-refractivity contribution in [3.63, 3.8) is 0 Å². The molecule has 0 rings (SSSR count). The Morgan fingerprint density at radius 1 is 0.600 bits per heavy atom. The maximum absolute atomic E-state index is 11.6. The molecule has 204 valence electrons. The van der Waals surface area contributed by atoms with Crippen LogP contribution < -0.4 is 22.9 Å². The fourth-order valence-corrected chi connectivity index (χ4v) is 7.68. The molecule has 0 saturated heterocycles. The van der Waals surface area contributed by atoms with Crippen LogP contribution in [-0.4, -0.2) is 90.5 Å². The Bertz CT molecular complexity index is 652. The topological polar surface area (TPSA) is 253 Å². The fourth-order valence-electron chi connectivity index (χ4n) is 2.57. The third-order valence-electron chi connectivity index (χ3n) is 5.03. The van der Waals surface area contributed by atoms with Crippen LogP contribution in [0.2, 0.25) is 0 Å². The number of carboxylic acids is 4. The molecular formula is C19H36N4O8S4. The highest BCUT2D eigenvalue weighted by Gasteiger charge is 2.34. The Hall–Kier alpha value is -0.880. The van der Waals surface area contributed by atoms with Crippen molar-refractivity contribution in [3.8, 4) is 0 Å². The van der Waals surface area contributed by atoms with E-state index in [1.165, 1.54) is 43.2 Å². The van der Waals surface area contributed by atoms with E-state index >= 15 is 0 Å². The third-order valence-corrected chi connectivity index (χ3v) is 10.1. The van der Waals surface area contributed by atoms with Crippen molar-refractivity contribution in [2.24, 2.45) is 22.9 Å².